The van der Waals surface area contributed by atoms with Crippen LogP contribution >= 0.6 is 15.9 Å². The second-order valence-electron chi connectivity index (χ2n) is 7.25. The van der Waals surface area contributed by atoms with Crippen molar-refractivity contribution in [2.75, 3.05) is 20.3 Å². The highest BCUT2D eigenvalue weighted by atomic mass is 79.9. The van der Waals surface area contributed by atoms with Gasteiger partial charge in [-0.3, -0.25) is 4.79 Å². The molecule has 1 aromatic heterocycles. The second kappa shape index (κ2) is 8.51. The molecule has 0 spiro atoms. The molecule has 1 aliphatic heterocycles. The molecule has 1 atom stereocenters. The van der Waals surface area contributed by atoms with E-state index >= 15 is 0 Å². The van der Waals surface area contributed by atoms with Gasteiger partial charge in [-0.15, -0.1) is 0 Å². The van der Waals surface area contributed by atoms with Gasteiger partial charge in [0.1, 0.15) is 5.75 Å². The molecule has 0 aliphatic carbocycles. The number of aromatic nitrogens is 1. The number of hydrogen-bond donors (Lipinski definition) is 1. The number of ether oxygens (including phenoxy) is 2. The maximum atomic E-state index is 13.1. The molecule has 1 fully saturated rings. The van der Waals surface area contributed by atoms with Crippen molar-refractivity contribution >= 4 is 32.7 Å². The number of hydrogen-bond acceptors (Lipinski definition) is 4. The van der Waals surface area contributed by atoms with Crippen LogP contribution in [0, 0.1) is 6.92 Å². The van der Waals surface area contributed by atoms with Crippen LogP contribution in [0.2, 0.25) is 0 Å². The Morgan fingerprint density at radius 1 is 1.31 bits per heavy atom. The van der Waals surface area contributed by atoms with Gasteiger partial charge in [-0.1, -0.05) is 28.1 Å². The molecule has 3 aromatic rings. The Morgan fingerprint density at radius 2 is 2.17 bits per heavy atom. The summed E-state index contributed by atoms with van der Waals surface area (Å²) >= 11 is 3.55. The van der Waals surface area contributed by atoms with E-state index in [2.05, 4.69) is 21.2 Å². The summed E-state index contributed by atoms with van der Waals surface area (Å²) in [6.07, 6.45) is 2.13. The molecule has 0 saturated carbocycles. The van der Waals surface area contributed by atoms with E-state index in [0.29, 0.717) is 12.1 Å². The summed E-state index contributed by atoms with van der Waals surface area (Å²) in [4.78, 5) is 18.0. The number of methoxy groups -OCH3 is 1. The van der Waals surface area contributed by atoms with Crippen molar-refractivity contribution in [1.82, 2.24) is 10.3 Å². The number of carbonyl (C=O) groups excluding carboxylic acids is 1. The summed E-state index contributed by atoms with van der Waals surface area (Å²) < 4.78 is 11.9. The SMILES string of the molecule is COc1cccc(-c2cc(C(=O)NC[C@@H]3CCCO3)c3cc(Br)cc(C)c3n2)c1. The standard InChI is InChI=1S/C23H23BrN2O3/c1-14-9-16(24)11-19-20(23(27)25-13-18-7-4-8-29-18)12-21(26-22(14)19)15-5-3-6-17(10-15)28-2/h3,5-6,9-12,18H,4,7-8,13H2,1-2H3,(H,25,27)/t18-/m0/s1. The van der Waals surface area contributed by atoms with E-state index in [1.54, 1.807) is 7.11 Å². The first-order valence-corrected chi connectivity index (χ1v) is 10.5. The number of benzene rings is 2. The Kier molecular flexibility index (Phi) is 5.83. The molecule has 2 aromatic carbocycles. The number of nitrogens with one attached hydrogen (secondary N) is 1. The zero-order valence-corrected chi connectivity index (χ0v) is 18.1. The van der Waals surface area contributed by atoms with Gasteiger partial charge in [0, 0.05) is 28.6 Å². The van der Waals surface area contributed by atoms with Crippen LogP contribution in [0.1, 0.15) is 28.8 Å². The monoisotopic (exact) mass is 454 g/mol. The van der Waals surface area contributed by atoms with Crippen LogP contribution in [0.3, 0.4) is 0 Å². The van der Waals surface area contributed by atoms with E-state index < -0.39 is 0 Å². The number of carbonyl (C=O) groups is 1. The van der Waals surface area contributed by atoms with E-state index in [9.17, 15) is 4.79 Å². The minimum absolute atomic E-state index is 0.0957. The number of aryl methyl sites for hydroxylation is 1. The number of nitrogens with zero attached hydrogens (tertiary/aromatic N) is 1. The van der Waals surface area contributed by atoms with Crippen LogP contribution in [0.4, 0.5) is 0 Å². The number of amides is 1. The van der Waals surface area contributed by atoms with Crippen LogP contribution in [-0.4, -0.2) is 37.3 Å². The maximum absolute atomic E-state index is 13.1. The Hall–Kier alpha value is -2.44. The van der Waals surface area contributed by atoms with E-state index in [4.69, 9.17) is 14.5 Å². The summed E-state index contributed by atoms with van der Waals surface area (Å²) in [5, 5.41) is 3.87. The van der Waals surface area contributed by atoms with Gasteiger partial charge < -0.3 is 14.8 Å². The third-order valence-corrected chi connectivity index (χ3v) is 5.65. The summed E-state index contributed by atoms with van der Waals surface area (Å²) in [6, 6.07) is 13.5. The average molecular weight is 455 g/mol. The van der Waals surface area contributed by atoms with Crippen LogP contribution in [0.15, 0.2) is 46.9 Å². The highest BCUT2D eigenvalue weighted by Gasteiger charge is 2.19. The number of rotatable bonds is 5. The topological polar surface area (TPSA) is 60.5 Å². The minimum Gasteiger partial charge on any atom is -0.497 e. The zero-order chi connectivity index (χ0) is 20.4. The van der Waals surface area contributed by atoms with Crippen molar-refractivity contribution in [1.29, 1.82) is 0 Å². The van der Waals surface area contributed by atoms with Crippen molar-refractivity contribution < 1.29 is 14.3 Å². The highest BCUT2D eigenvalue weighted by Crippen LogP contribution is 2.30. The molecule has 2 heterocycles. The molecular formula is C23H23BrN2O3. The summed E-state index contributed by atoms with van der Waals surface area (Å²) in [6.45, 7) is 3.29. The lowest BCUT2D eigenvalue weighted by Crippen LogP contribution is -2.32. The van der Waals surface area contributed by atoms with E-state index in [0.717, 1.165) is 57.4 Å². The predicted octanol–water partition coefficient (Wildman–Crippen LogP) is 4.89. The normalized spacial score (nSPS) is 16.2. The fourth-order valence-corrected chi connectivity index (χ4v) is 4.25. The molecule has 1 saturated heterocycles. The number of fused-ring (bicyclic) bond motifs is 1. The minimum atomic E-state index is -0.116. The van der Waals surface area contributed by atoms with Crippen LogP contribution in [0.5, 0.6) is 5.75 Å². The average Bonchev–Trinajstić information content (AvgIpc) is 3.25. The van der Waals surface area contributed by atoms with Crippen LogP contribution in [-0.2, 0) is 4.74 Å². The quantitative estimate of drug-likeness (QED) is 0.595. The molecule has 4 rings (SSSR count). The fraction of sp³-hybridized carbons (Fsp3) is 0.304. The number of pyridine rings is 1. The van der Waals surface area contributed by atoms with Crippen LogP contribution in [0.25, 0.3) is 22.2 Å². The Balaban J connectivity index is 1.78. The largest absolute Gasteiger partial charge is 0.497 e. The molecule has 0 bridgehead atoms. The predicted molar refractivity (Wildman–Crippen MR) is 117 cm³/mol. The zero-order valence-electron chi connectivity index (χ0n) is 16.5. The highest BCUT2D eigenvalue weighted by molar-refractivity contribution is 9.10. The summed E-state index contributed by atoms with van der Waals surface area (Å²) in [7, 11) is 1.64. The molecule has 6 heteroatoms. The van der Waals surface area contributed by atoms with E-state index in [1.165, 1.54) is 0 Å². The smallest absolute Gasteiger partial charge is 0.252 e. The molecule has 0 radical (unpaired) electrons. The molecule has 5 nitrogen and oxygen atoms in total. The molecule has 1 N–H and O–H groups in total. The van der Waals surface area contributed by atoms with Gasteiger partial charge in [0.2, 0.25) is 0 Å². The van der Waals surface area contributed by atoms with Crippen molar-refractivity contribution in [2.45, 2.75) is 25.9 Å². The third kappa shape index (κ3) is 4.28. The van der Waals surface area contributed by atoms with Crippen LogP contribution < -0.4 is 10.1 Å². The number of halogens is 1. The van der Waals surface area contributed by atoms with Gasteiger partial charge in [-0.25, -0.2) is 4.98 Å². The van der Waals surface area contributed by atoms with E-state index in [1.807, 2.05) is 49.4 Å². The molecule has 1 aliphatic rings. The van der Waals surface area contributed by atoms with Crippen molar-refractivity contribution in [3.8, 4) is 17.0 Å². The molecule has 1 amide bonds. The van der Waals surface area contributed by atoms with Gasteiger partial charge in [-0.05, 0) is 55.7 Å². The maximum Gasteiger partial charge on any atom is 0.252 e. The third-order valence-electron chi connectivity index (χ3n) is 5.19. The first-order chi connectivity index (χ1) is 14.0. The first kappa shape index (κ1) is 19.9. The Morgan fingerprint density at radius 3 is 2.93 bits per heavy atom. The first-order valence-electron chi connectivity index (χ1n) is 9.70. The molecular weight excluding hydrogens is 432 g/mol. The van der Waals surface area contributed by atoms with Gasteiger partial charge in [-0.2, -0.15) is 0 Å². The van der Waals surface area contributed by atoms with Gasteiger partial charge in [0.15, 0.2) is 0 Å². The lowest BCUT2D eigenvalue weighted by Gasteiger charge is -2.14. The van der Waals surface area contributed by atoms with Gasteiger partial charge in [0.05, 0.1) is 30.0 Å². The van der Waals surface area contributed by atoms with Crippen molar-refractivity contribution in [3.63, 3.8) is 0 Å². The summed E-state index contributed by atoms with van der Waals surface area (Å²) in [5.74, 6) is 0.635. The lowest BCUT2D eigenvalue weighted by atomic mass is 10.0. The fourth-order valence-electron chi connectivity index (χ4n) is 3.68. The Bertz CT molecular complexity index is 1060. The molecule has 0 unspecified atom stereocenters. The van der Waals surface area contributed by atoms with Crippen molar-refractivity contribution in [2.24, 2.45) is 0 Å². The molecule has 150 valence electrons. The molecule has 29 heavy (non-hydrogen) atoms. The summed E-state index contributed by atoms with van der Waals surface area (Å²) in [5.41, 5.74) is 4.07. The lowest BCUT2D eigenvalue weighted by molar-refractivity contribution is 0.0859. The van der Waals surface area contributed by atoms with E-state index in [-0.39, 0.29) is 12.0 Å². The van der Waals surface area contributed by atoms with Gasteiger partial charge >= 0.3 is 0 Å². The van der Waals surface area contributed by atoms with Gasteiger partial charge in [0.25, 0.3) is 5.91 Å². The second-order valence-corrected chi connectivity index (χ2v) is 8.17. The Labute approximate surface area is 178 Å². The van der Waals surface area contributed by atoms with Crippen molar-refractivity contribution in [3.05, 3.63) is 58.1 Å².